The third-order valence-electron chi connectivity index (χ3n) is 5.31. The van der Waals surface area contributed by atoms with Gasteiger partial charge in [0.25, 0.3) is 0 Å². The van der Waals surface area contributed by atoms with Crippen molar-refractivity contribution in [2.24, 2.45) is 0 Å². The molecule has 0 radical (unpaired) electrons. The predicted octanol–water partition coefficient (Wildman–Crippen LogP) is 4.80. The van der Waals surface area contributed by atoms with Crippen LogP contribution in [0.2, 0.25) is 10.0 Å². The molecule has 1 amide bonds. The average molecular weight is 422 g/mol. The summed E-state index contributed by atoms with van der Waals surface area (Å²) < 4.78 is 10.7. The van der Waals surface area contributed by atoms with Crippen LogP contribution in [0.5, 0.6) is 5.75 Å². The lowest BCUT2D eigenvalue weighted by Gasteiger charge is -2.37. The second-order valence-corrected chi connectivity index (χ2v) is 7.87. The molecule has 0 unspecified atom stereocenters. The van der Waals surface area contributed by atoms with E-state index in [1.807, 2.05) is 30.3 Å². The molecule has 1 saturated heterocycles. The van der Waals surface area contributed by atoms with Gasteiger partial charge < -0.3 is 14.8 Å². The fourth-order valence-corrected chi connectivity index (χ4v) is 4.26. The molecule has 0 saturated carbocycles. The number of ether oxygens (including phenoxy) is 2. The zero-order valence-electron chi connectivity index (χ0n) is 16.0. The first kappa shape index (κ1) is 21.0. The molecule has 28 heavy (non-hydrogen) atoms. The number of nitrogens with one attached hydrogen (secondary N) is 1. The number of hydrogen-bond donors (Lipinski definition) is 1. The van der Waals surface area contributed by atoms with Crippen molar-refractivity contribution >= 4 is 29.1 Å². The van der Waals surface area contributed by atoms with E-state index < -0.39 is 5.41 Å². The van der Waals surface area contributed by atoms with E-state index >= 15 is 0 Å². The first-order chi connectivity index (χ1) is 13.5. The Hall–Kier alpha value is -1.75. The second-order valence-electron chi connectivity index (χ2n) is 7.03. The SMILES string of the molecule is COc1ccc(CCCNC(=O)C2(c3ccc(Cl)cc3Cl)CCOCC2)cc1. The van der Waals surface area contributed by atoms with Crippen molar-refractivity contribution in [2.75, 3.05) is 26.9 Å². The van der Waals surface area contributed by atoms with Gasteiger partial charge in [0.15, 0.2) is 0 Å². The molecule has 1 heterocycles. The third kappa shape index (κ3) is 4.80. The van der Waals surface area contributed by atoms with E-state index in [9.17, 15) is 4.79 Å². The molecule has 3 rings (SSSR count). The van der Waals surface area contributed by atoms with E-state index in [2.05, 4.69) is 5.32 Å². The van der Waals surface area contributed by atoms with Crippen molar-refractivity contribution in [1.29, 1.82) is 0 Å². The molecule has 1 aliphatic rings. The highest BCUT2D eigenvalue weighted by atomic mass is 35.5. The van der Waals surface area contributed by atoms with Gasteiger partial charge in [-0.3, -0.25) is 4.79 Å². The minimum absolute atomic E-state index is 0.00903. The quantitative estimate of drug-likeness (QED) is 0.653. The van der Waals surface area contributed by atoms with Crippen LogP contribution in [-0.4, -0.2) is 32.8 Å². The molecule has 6 heteroatoms. The van der Waals surface area contributed by atoms with Crippen molar-refractivity contribution in [2.45, 2.75) is 31.1 Å². The topological polar surface area (TPSA) is 47.6 Å². The number of aryl methyl sites for hydroxylation is 1. The molecule has 0 aromatic heterocycles. The highest BCUT2D eigenvalue weighted by Gasteiger charge is 2.42. The molecular weight excluding hydrogens is 397 g/mol. The Labute approximate surface area is 176 Å². The first-order valence-corrected chi connectivity index (χ1v) is 10.3. The lowest BCUT2D eigenvalue weighted by Crippen LogP contribution is -2.48. The number of hydrogen-bond acceptors (Lipinski definition) is 3. The van der Waals surface area contributed by atoms with Crippen LogP contribution in [0.3, 0.4) is 0 Å². The van der Waals surface area contributed by atoms with Gasteiger partial charge in [-0.25, -0.2) is 0 Å². The van der Waals surface area contributed by atoms with Crippen molar-refractivity contribution in [3.8, 4) is 5.75 Å². The van der Waals surface area contributed by atoms with Crippen LogP contribution < -0.4 is 10.1 Å². The summed E-state index contributed by atoms with van der Waals surface area (Å²) >= 11 is 12.5. The standard InChI is InChI=1S/C22H25Cl2NO3/c1-27-18-7-4-16(5-8-18)3-2-12-25-21(26)22(10-13-28-14-11-22)19-9-6-17(23)15-20(19)24/h4-9,15H,2-3,10-14H2,1H3,(H,25,26). The fraction of sp³-hybridized carbons (Fsp3) is 0.409. The van der Waals surface area contributed by atoms with Crippen LogP contribution in [0, 0.1) is 0 Å². The van der Waals surface area contributed by atoms with Crippen molar-refractivity contribution in [3.63, 3.8) is 0 Å². The number of halogens is 2. The summed E-state index contributed by atoms with van der Waals surface area (Å²) in [6.07, 6.45) is 2.97. The molecular formula is C22H25Cl2NO3. The van der Waals surface area contributed by atoms with Crippen LogP contribution in [0.1, 0.15) is 30.4 Å². The summed E-state index contributed by atoms with van der Waals surface area (Å²) in [5.41, 5.74) is 1.38. The molecule has 2 aromatic carbocycles. The van der Waals surface area contributed by atoms with Gasteiger partial charge in [0.05, 0.1) is 12.5 Å². The highest BCUT2D eigenvalue weighted by Crippen LogP contribution is 2.39. The van der Waals surface area contributed by atoms with Gasteiger partial charge in [0, 0.05) is 29.8 Å². The molecule has 4 nitrogen and oxygen atoms in total. The fourth-order valence-electron chi connectivity index (χ4n) is 3.67. The van der Waals surface area contributed by atoms with E-state index in [4.69, 9.17) is 32.7 Å². The summed E-state index contributed by atoms with van der Waals surface area (Å²) in [4.78, 5) is 13.2. The van der Waals surface area contributed by atoms with E-state index in [0.717, 1.165) is 24.2 Å². The van der Waals surface area contributed by atoms with E-state index in [1.165, 1.54) is 5.56 Å². The van der Waals surface area contributed by atoms with Crippen LogP contribution in [-0.2, 0) is 21.4 Å². The Kier molecular flexibility index (Phi) is 7.22. The Bertz CT molecular complexity index is 802. The van der Waals surface area contributed by atoms with E-state index in [0.29, 0.717) is 42.6 Å². The highest BCUT2D eigenvalue weighted by molar-refractivity contribution is 6.35. The zero-order chi connectivity index (χ0) is 20.0. The van der Waals surface area contributed by atoms with Gasteiger partial charge >= 0.3 is 0 Å². The Morgan fingerprint density at radius 2 is 1.86 bits per heavy atom. The number of rotatable bonds is 7. The summed E-state index contributed by atoms with van der Waals surface area (Å²) in [5.74, 6) is 0.855. The maximum atomic E-state index is 13.2. The lowest BCUT2D eigenvalue weighted by molar-refractivity contribution is -0.130. The summed E-state index contributed by atoms with van der Waals surface area (Å²) in [7, 11) is 1.66. The number of benzene rings is 2. The summed E-state index contributed by atoms with van der Waals surface area (Å²) in [6.45, 7) is 1.69. The molecule has 1 N–H and O–H groups in total. The molecule has 150 valence electrons. The number of carbonyl (C=O) groups excluding carboxylic acids is 1. The average Bonchev–Trinajstić information content (AvgIpc) is 2.72. The minimum Gasteiger partial charge on any atom is -0.497 e. The summed E-state index contributed by atoms with van der Waals surface area (Å²) in [6, 6.07) is 13.4. The van der Waals surface area contributed by atoms with Gasteiger partial charge in [-0.05, 0) is 61.1 Å². The van der Waals surface area contributed by atoms with Crippen LogP contribution in [0.15, 0.2) is 42.5 Å². The third-order valence-corrected chi connectivity index (χ3v) is 5.86. The smallest absolute Gasteiger partial charge is 0.230 e. The largest absolute Gasteiger partial charge is 0.497 e. The number of methoxy groups -OCH3 is 1. The van der Waals surface area contributed by atoms with Crippen LogP contribution >= 0.6 is 23.2 Å². The van der Waals surface area contributed by atoms with Gasteiger partial charge in [0.2, 0.25) is 5.91 Å². The molecule has 2 aromatic rings. The number of carbonyl (C=O) groups is 1. The minimum atomic E-state index is -0.667. The predicted molar refractivity (Wildman–Crippen MR) is 113 cm³/mol. The lowest BCUT2D eigenvalue weighted by atomic mass is 9.73. The van der Waals surface area contributed by atoms with Gasteiger partial charge in [-0.15, -0.1) is 0 Å². The molecule has 0 spiro atoms. The molecule has 1 fully saturated rings. The maximum absolute atomic E-state index is 13.2. The Morgan fingerprint density at radius 3 is 2.50 bits per heavy atom. The summed E-state index contributed by atoms with van der Waals surface area (Å²) in [5, 5.41) is 4.21. The van der Waals surface area contributed by atoms with Crippen LogP contribution in [0.4, 0.5) is 0 Å². The van der Waals surface area contributed by atoms with Crippen LogP contribution in [0.25, 0.3) is 0 Å². The second kappa shape index (κ2) is 9.64. The monoisotopic (exact) mass is 421 g/mol. The van der Waals surface area contributed by atoms with Gasteiger partial charge in [-0.2, -0.15) is 0 Å². The van der Waals surface area contributed by atoms with Gasteiger partial charge in [0.1, 0.15) is 5.75 Å². The molecule has 0 atom stereocenters. The van der Waals surface area contributed by atoms with Crippen molar-refractivity contribution in [3.05, 3.63) is 63.6 Å². The normalized spacial score (nSPS) is 15.8. The molecule has 0 aliphatic carbocycles. The number of amides is 1. The van der Waals surface area contributed by atoms with Crippen molar-refractivity contribution in [1.82, 2.24) is 5.32 Å². The Morgan fingerprint density at radius 1 is 1.14 bits per heavy atom. The Balaban J connectivity index is 1.63. The maximum Gasteiger partial charge on any atom is 0.230 e. The van der Waals surface area contributed by atoms with E-state index in [1.54, 1.807) is 19.2 Å². The first-order valence-electron chi connectivity index (χ1n) is 9.50. The van der Waals surface area contributed by atoms with Crippen molar-refractivity contribution < 1.29 is 14.3 Å². The van der Waals surface area contributed by atoms with Gasteiger partial charge in [-0.1, -0.05) is 41.4 Å². The molecule has 0 bridgehead atoms. The van der Waals surface area contributed by atoms with E-state index in [-0.39, 0.29) is 5.91 Å². The zero-order valence-corrected chi connectivity index (χ0v) is 17.5. The molecule has 1 aliphatic heterocycles.